The van der Waals surface area contributed by atoms with Gasteiger partial charge < -0.3 is 14.6 Å². The molecule has 0 amide bonds. The predicted octanol–water partition coefficient (Wildman–Crippen LogP) is 3.97. The lowest BCUT2D eigenvalue weighted by molar-refractivity contribution is -0.137. The van der Waals surface area contributed by atoms with Gasteiger partial charge in [0, 0.05) is 24.9 Å². The third-order valence-electron chi connectivity index (χ3n) is 5.85. The molecule has 24 heavy (non-hydrogen) atoms. The average Bonchev–Trinajstić information content (AvgIpc) is 3.17. The second-order valence-corrected chi connectivity index (χ2v) is 9.37. The van der Waals surface area contributed by atoms with E-state index >= 15 is 0 Å². The maximum Gasteiger partial charge on any atom is 0.303 e. The number of ether oxygens (including phenoxy) is 2. The zero-order valence-electron chi connectivity index (χ0n) is 14.8. The summed E-state index contributed by atoms with van der Waals surface area (Å²) in [6.45, 7) is 4.00. The van der Waals surface area contributed by atoms with Crippen molar-refractivity contribution in [1.29, 1.82) is 0 Å². The van der Waals surface area contributed by atoms with E-state index in [1.54, 1.807) is 0 Å². The highest BCUT2D eigenvalue weighted by Crippen LogP contribution is 2.47. The van der Waals surface area contributed by atoms with Gasteiger partial charge in [-0.15, -0.1) is 0 Å². The van der Waals surface area contributed by atoms with Crippen molar-refractivity contribution in [3.8, 4) is 0 Å². The minimum Gasteiger partial charge on any atom is -0.481 e. The molecule has 138 valence electrons. The highest BCUT2D eigenvalue weighted by molar-refractivity contribution is 7.99. The topological polar surface area (TPSA) is 55.8 Å². The molecule has 1 unspecified atom stereocenters. The first-order valence-electron chi connectivity index (χ1n) is 9.70. The van der Waals surface area contributed by atoms with Crippen LogP contribution in [0.2, 0.25) is 0 Å². The summed E-state index contributed by atoms with van der Waals surface area (Å²) in [5.41, 5.74) is 0. The predicted molar refractivity (Wildman–Crippen MR) is 96.4 cm³/mol. The van der Waals surface area contributed by atoms with Crippen LogP contribution in [0.25, 0.3) is 0 Å². The lowest BCUT2D eigenvalue weighted by atomic mass is 9.76. The van der Waals surface area contributed by atoms with E-state index < -0.39 is 5.97 Å². The van der Waals surface area contributed by atoms with E-state index in [0.717, 1.165) is 37.7 Å². The van der Waals surface area contributed by atoms with Gasteiger partial charge in [0.25, 0.3) is 0 Å². The number of carbonyl (C=O) groups is 1. The Bertz CT molecular complexity index is 412. The fourth-order valence-corrected chi connectivity index (χ4v) is 5.33. The molecule has 4 nitrogen and oxygen atoms in total. The van der Waals surface area contributed by atoms with Crippen LogP contribution < -0.4 is 0 Å². The van der Waals surface area contributed by atoms with Crippen molar-refractivity contribution in [2.24, 2.45) is 17.8 Å². The molecule has 0 aromatic heterocycles. The summed E-state index contributed by atoms with van der Waals surface area (Å²) in [7, 11) is 0. The Balaban J connectivity index is 1.35. The Labute approximate surface area is 150 Å². The SMILES string of the molecule is C[C@H](CCC(=O)O)SCC[C@@H]1[C@H](CCOCC2CC2)C2CC[C@H]1O2. The van der Waals surface area contributed by atoms with Gasteiger partial charge in [-0.2, -0.15) is 11.8 Å². The Morgan fingerprint density at radius 3 is 2.58 bits per heavy atom. The summed E-state index contributed by atoms with van der Waals surface area (Å²) in [4.78, 5) is 10.6. The molecule has 3 aliphatic rings. The van der Waals surface area contributed by atoms with Gasteiger partial charge in [0.05, 0.1) is 12.2 Å². The molecule has 1 saturated carbocycles. The number of thioether (sulfide) groups is 1. The fraction of sp³-hybridized carbons (Fsp3) is 0.947. The van der Waals surface area contributed by atoms with Gasteiger partial charge in [0.1, 0.15) is 0 Å². The molecule has 3 rings (SSSR count). The molecule has 3 fully saturated rings. The van der Waals surface area contributed by atoms with Gasteiger partial charge in [-0.25, -0.2) is 0 Å². The van der Waals surface area contributed by atoms with Crippen molar-refractivity contribution in [2.75, 3.05) is 19.0 Å². The molecule has 1 aliphatic carbocycles. The Hall–Kier alpha value is -0.260. The molecule has 2 bridgehead atoms. The zero-order chi connectivity index (χ0) is 16.9. The summed E-state index contributed by atoms with van der Waals surface area (Å²) < 4.78 is 12.0. The average molecular weight is 357 g/mol. The molecule has 5 heteroatoms. The number of carboxylic acids is 1. The summed E-state index contributed by atoms with van der Waals surface area (Å²) in [6, 6.07) is 0. The Kier molecular flexibility index (Phi) is 6.88. The molecule has 0 aromatic carbocycles. The summed E-state index contributed by atoms with van der Waals surface area (Å²) in [5.74, 6) is 2.65. The van der Waals surface area contributed by atoms with Crippen LogP contribution in [0, 0.1) is 17.8 Å². The molecule has 0 radical (unpaired) electrons. The third-order valence-corrected chi connectivity index (χ3v) is 7.13. The van der Waals surface area contributed by atoms with E-state index in [9.17, 15) is 4.79 Å². The van der Waals surface area contributed by atoms with Crippen LogP contribution in [0.3, 0.4) is 0 Å². The minimum absolute atomic E-state index is 0.284. The smallest absolute Gasteiger partial charge is 0.303 e. The van der Waals surface area contributed by atoms with Crippen LogP contribution in [0.15, 0.2) is 0 Å². The number of carboxylic acid groups (broad SMARTS) is 1. The molecule has 1 N–H and O–H groups in total. The Morgan fingerprint density at radius 1 is 1.21 bits per heavy atom. The monoisotopic (exact) mass is 356 g/mol. The van der Waals surface area contributed by atoms with Gasteiger partial charge in [0.15, 0.2) is 0 Å². The van der Waals surface area contributed by atoms with E-state index in [-0.39, 0.29) is 6.42 Å². The molecule has 2 aliphatic heterocycles. The van der Waals surface area contributed by atoms with Crippen LogP contribution in [0.1, 0.15) is 58.3 Å². The molecular formula is C19H32O4S. The molecule has 2 saturated heterocycles. The van der Waals surface area contributed by atoms with E-state index in [1.165, 1.54) is 32.1 Å². The van der Waals surface area contributed by atoms with Crippen molar-refractivity contribution in [3.63, 3.8) is 0 Å². The van der Waals surface area contributed by atoms with Gasteiger partial charge in [-0.3, -0.25) is 4.79 Å². The van der Waals surface area contributed by atoms with E-state index in [4.69, 9.17) is 14.6 Å². The summed E-state index contributed by atoms with van der Waals surface area (Å²) in [5, 5.41) is 9.20. The van der Waals surface area contributed by atoms with Crippen molar-refractivity contribution in [3.05, 3.63) is 0 Å². The van der Waals surface area contributed by atoms with Gasteiger partial charge in [-0.1, -0.05) is 6.92 Å². The third kappa shape index (κ3) is 5.37. The van der Waals surface area contributed by atoms with Crippen molar-refractivity contribution < 1.29 is 19.4 Å². The van der Waals surface area contributed by atoms with Crippen LogP contribution >= 0.6 is 11.8 Å². The number of hydrogen-bond acceptors (Lipinski definition) is 4. The minimum atomic E-state index is -0.685. The van der Waals surface area contributed by atoms with Crippen molar-refractivity contribution in [1.82, 2.24) is 0 Å². The maximum atomic E-state index is 10.6. The highest BCUT2D eigenvalue weighted by Gasteiger charge is 2.47. The first kappa shape index (κ1) is 18.5. The number of hydrogen-bond donors (Lipinski definition) is 1. The lowest BCUT2D eigenvalue weighted by Gasteiger charge is -2.28. The number of rotatable bonds is 12. The van der Waals surface area contributed by atoms with Crippen LogP contribution in [0.4, 0.5) is 0 Å². The molecule has 0 aromatic rings. The number of aliphatic carboxylic acids is 1. The first-order valence-corrected chi connectivity index (χ1v) is 10.7. The summed E-state index contributed by atoms with van der Waals surface area (Å²) in [6.07, 6.45) is 9.53. The Morgan fingerprint density at radius 2 is 1.92 bits per heavy atom. The van der Waals surface area contributed by atoms with Crippen LogP contribution in [0.5, 0.6) is 0 Å². The van der Waals surface area contributed by atoms with E-state index in [2.05, 4.69) is 6.92 Å². The zero-order valence-corrected chi connectivity index (χ0v) is 15.6. The standard InChI is InChI=1S/C19H32O4S/c1-13(2-7-19(20)21)24-11-9-16-15(17-5-6-18(16)23-17)8-10-22-12-14-3-4-14/h13-18H,2-12H2,1H3,(H,20,21)/t13-,15+,16-,17?,18-/m1/s1. The highest BCUT2D eigenvalue weighted by atomic mass is 32.2. The number of fused-ring (bicyclic) bond motifs is 2. The van der Waals surface area contributed by atoms with Gasteiger partial charge >= 0.3 is 5.97 Å². The summed E-state index contributed by atoms with van der Waals surface area (Å²) >= 11 is 1.93. The second-order valence-electron chi connectivity index (χ2n) is 7.83. The van der Waals surface area contributed by atoms with E-state index in [1.807, 2.05) is 11.8 Å². The quantitative estimate of drug-likeness (QED) is 0.536. The van der Waals surface area contributed by atoms with Crippen molar-refractivity contribution in [2.45, 2.75) is 75.7 Å². The van der Waals surface area contributed by atoms with Crippen molar-refractivity contribution >= 4 is 17.7 Å². The normalized spacial score (nSPS) is 33.0. The first-order chi connectivity index (χ1) is 11.6. The molecule has 5 atom stereocenters. The second kappa shape index (κ2) is 8.91. The van der Waals surface area contributed by atoms with E-state index in [0.29, 0.717) is 29.3 Å². The van der Waals surface area contributed by atoms with Gasteiger partial charge in [-0.05, 0) is 68.5 Å². The van der Waals surface area contributed by atoms with Crippen LogP contribution in [-0.2, 0) is 14.3 Å². The lowest BCUT2D eigenvalue weighted by Crippen LogP contribution is -2.29. The van der Waals surface area contributed by atoms with Crippen LogP contribution in [-0.4, -0.2) is 47.5 Å². The molecule has 2 heterocycles. The maximum absolute atomic E-state index is 10.6. The molecular weight excluding hydrogens is 324 g/mol. The largest absolute Gasteiger partial charge is 0.481 e. The van der Waals surface area contributed by atoms with Gasteiger partial charge in [0.2, 0.25) is 0 Å². The fourth-order valence-electron chi connectivity index (χ4n) is 4.24. The molecule has 0 spiro atoms.